The number of rotatable bonds is 5. The number of benzene rings is 2. The van der Waals surface area contributed by atoms with E-state index >= 15 is 0 Å². The molecule has 0 unspecified atom stereocenters. The number of aromatic nitrogens is 3. The molecule has 0 aliphatic heterocycles. The van der Waals surface area contributed by atoms with Gasteiger partial charge >= 0.3 is 6.36 Å². The van der Waals surface area contributed by atoms with Gasteiger partial charge in [-0.2, -0.15) is 0 Å². The van der Waals surface area contributed by atoms with E-state index in [-0.39, 0.29) is 24.4 Å². The molecule has 9 heteroatoms. The Morgan fingerprint density at radius 2 is 1.84 bits per heavy atom. The Hall–Kier alpha value is -3.10. The van der Waals surface area contributed by atoms with E-state index in [1.165, 1.54) is 22.9 Å². The molecular formula is C16H13F3N4O2. The molecule has 0 aliphatic carbocycles. The lowest BCUT2D eigenvalue weighted by atomic mass is 10.2. The number of hydrogen-bond acceptors (Lipinski definition) is 4. The highest BCUT2D eigenvalue weighted by molar-refractivity contribution is 5.79. The summed E-state index contributed by atoms with van der Waals surface area (Å²) in [6.07, 6.45) is -4.79. The lowest BCUT2D eigenvalue weighted by Gasteiger charge is -2.13. The lowest BCUT2D eigenvalue weighted by molar-refractivity contribution is -0.274. The van der Waals surface area contributed by atoms with E-state index in [0.29, 0.717) is 11.0 Å². The van der Waals surface area contributed by atoms with Gasteiger partial charge in [0.15, 0.2) is 0 Å². The Balaban J connectivity index is 1.65. The van der Waals surface area contributed by atoms with Gasteiger partial charge in [0.05, 0.1) is 5.52 Å². The molecule has 3 rings (SSSR count). The predicted molar refractivity (Wildman–Crippen MR) is 82.5 cm³/mol. The fraction of sp³-hybridized carbons (Fsp3) is 0.188. The maximum absolute atomic E-state index is 12.4. The van der Waals surface area contributed by atoms with Crippen LogP contribution in [0.25, 0.3) is 11.0 Å². The first kappa shape index (κ1) is 16.7. The summed E-state index contributed by atoms with van der Waals surface area (Å²) in [5, 5.41) is 10.4. The van der Waals surface area contributed by atoms with Crippen molar-refractivity contribution in [3.8, 4) is 5.75 Å². The van der Waals surface area contributed by atoms with E-state index in [1.54, 1.807) is 30.3 Å². The SMILES string of the molecule is O=C(Cn1nnc2ccccc21)NCc1ccccc1OC(F)(F)F. The molecule has 0 radical (unpaired) electrons. The maximum atomic E-state index is 12.4. The topological polar surface area (TPSA) is 69.0 Å². The zero-order chi connectivity index (χ0) is 17.9. The third-order valence-corrected chi connectivity index (χ3v) is 3.39. The van der Waals surface area contributed by atoms with Gasteiger partial charge in [-0.3, -0.25) is 4.79 Å². The number of carbonyl (C=O) groups excluding carboxylic acids is 1. The van der Waals surface area contributed by atoms with Crippen LogP contribution in [0.5, 0.6) is 5.75 Å². The van der Waals surface area contributed by atoms with Crippen LogP contribution in [0.4, 0.5) is 13.2 Å². The van der Waals surface area contributed by atoms with Crippen LogP contribution in [0.3, 0.4) is 0 Å². The number of fused-ring (bicyclic) bond motifs is 1. The van der Waals surface area contributed by atoms with Crippen LogP contribution in [0.2, 0.25) is 0 Å². The van der Waals surface area contributed by atoms with Crippen LogP contribution in [0.15, 0.2) is 48.5 Å². The van der Waals surface area contributed by atoms with Crippen LogP contribution >= 0.6 is 0 Å². The summed E-state index contributed by atoms with van der Waals surface area (Å²) in [5.74, 6) is -0.751. The molecule has 0 aliphatic rings. The number of alkyl halides is 3. The van der Waals surface area contributed by atoms with Crippen molar-refractivity contribution in [3.63, 3.8) is 0 Å². The zero-order valence-corrected chi connectivity index (χ0v) is 12.8. The van der Waals surface area contributed by atoms with Crippen molar-refractivity contribution in [2.75, 3.05) is 0 Å². The van der Waals surface area contributed by atoms with Gasteiger partial charge in [0.2, 0.25) is 5.91 Å². The number of ether oxygens (including phenoxy) is 1. The van der Waals surface area contributed by atoms with Gasteiger partial charge in [0.1, 0.15) is 17.8 Å². The monoisotopic (exact) mass is 350 g/mol. The molecule has 0 atom stereocenters. The summed E-state index contributed by atoms with van der Waals surface area (Å²) in [5.41, 5.74) is 1.56. The third kappa shape index (κ3) is 4.25. The predicted octanol–water partition coefficient (Wildman–Crippen LogP) is 2.65. The molecule has 1 heterocycles. The van der Waals surface area contributed by atoms with E-state index in [1.807, 2.05) is 0 Å². The summed E-state index contributed by atoms with van der Waals surface area (Å²) in [7, 11) is 0. The van der Waals surface area contributed by atoms with Crippen LogP contribution in [0.1, 0.15) is 5.56 Å². The molecule has 0 saturated heterocycles. The highest BCUT2D eigenvalue weighted by Gasteiger charge is 2.31. The Bertz CT molecular complexity index is 892. The van der Waals surface area contributed by atoms with Crippen molar-refractivity contribution < 1.29 is 22.7 Å². The van der Waals surface area contributed by atoms with E-state index in [2.05, 4.69) is 20.4 Å². The molecule has 25 heavy (non-hydrogen) atoms. The second kappa shape index (κ2) is 6.80. The van der Waals surface area contributed by atoms with Crippen molar-refractivity contribution in [1.82, 2.24) is 20.3 Å². The van der Waals surface area contributed by atoms with E-state index in [0.717, 1.165) is 0 Å². The number of halogens is 3. The Morgan fingerprint density at radius 1 is 1.12 bits per heavy atom. The molecule has 130 valence electrons. The Kier molecular flexibility index (Phi) is 4.55. The highest BCUT2D eigenvalue weighted by Crippen LogP contribution is 2.26. The first-order valence-corrected chi connectivity index (χ1v) is 7.31. The first-order valence-electron chi connectivity index (χ1n) is 7.31. The normalized spacial score (nSPS) is 11.5. The number of nitrogens with one attached hydrogen (secondary N) is 1. The van der Waals surface area contributed by atoms with Gasteiger partial charge in [-0.25, -0.2) is 4.68 Å². The van der Waals surface area contributed by atoms with Gasteiger partial charge in [-0.05, 0) is 18.2 Å². The summed E-state index contributed by atoms with van der Waals surface area (Å²) in [6, 6.07) is 12.8. The molecule has 1 amide bonds. The molecule has 2 aromatic carbocycles. The fourth-order valence-electron chi connectivity index (χ4n) is 2.29. The average molecular weight is 350 g/mol. The minimum atomic E-state index is -4.79. The van der Waals surface area contributed by atoms with Crippen LogP contribution in [-0.2, 0) is 17.9 Å². The second-order valence-corrected chi connectivity index (χ2v) is 5.17. The van der Waals surface area contributed by atoms with Crippen molar-refractivity contribution in [2.45, 2.75) is 19.5 Å². The van der Waals surface area contributed by atoms with Gasteiger partial charge in [0, 0.05) is 12.1 Å². The van der Waals surface area contributed by atoms with Crippen molar-refractivity contribution >= 4 is 16.9 Å². The van der Waals surface area contributed by atoms with Crippen LogP contribution in [-0.4, -0.2) is 27.3 Å². The minimum absolute atomic E-state index is 0.0944. The molecule has 1 N–H and O–H groups in total. The quantitative estimate of drug-likeness (QED) is 0.768. The van der Waals surface area contributed by atoms with Crippen molar-refractivity contribution in [3.05, 3.63) is 54.1 Å². The summed E-state index contributed by atoms with van der Waals surface area (Å²) >= 11 is 0. The standard InChI is InChI=1S/C16H13F3N4O2/c17-16(18,19)25-14-8-4-1-5-11(14)9-20-15(24)10-23-13-7-3-2-6-12(13)21-22-23/h1-8H,9-10H2,(H,20,24). The fourth-order valence-corrected chi connectivity index (χ4v) is 2.29. The number of para-hydroxylation sites is 2. The van der Waals surface area contributed by atoms with E-state index in [4.69, 9.17) is 0 Å². The molecule has 0 spiro atoms. The molecular weight excluding hydrogens is 337 g/mol. The van der Waals surface area contributed by atoms with Gasteiger partial charge in [-0.15, -0.1) is 18.3 Å². The molecule has 3 aromatic rings. The molecule has 1 aromatic heterocycles. The van der Waals surface area contributed by atoms with E-state index in [9.17, 15) is 18.0 Å². The molecule has 6 nitrogen and oxygen atoms in total. The van der Waals surface area contributed by atoms with Gasteiger partial charge < -0.3 is 10.1 Å². The first-order chi connectivity index (χ1) is 11.9. The zero-order valence-electron chi connectivity index (χ0n) is 12.8. The minimum Gasteiger partial charge on any atom is -0.405 e. The maximum Gasteiger partial charge on any atom is 0.573 e. The van der Waals surface area contributed by atoms with Crippen molar-refractivity contribution in [1.29, 1.82) is 0 Å². The largest absolute Gasteiger partial charge is 0.573 e. The number of carbonyl (C=O) groups is 1. The second-order valence-electron chi connectivity index (χ2n) is 5.17. The van der Waals surface area contributed by atoms with Gasteiger partial charge in [-0.1, -0.05) is 35.5 Å². The smallest absolute Gasteiger partial charge is 0.405 e. The van der Waals surface area contributed by atoms with Crippen LogP contribution < -0.4 is 10.1 Å². The number of hydrogen-bond donors (Lipinski definition) is 1. The molecule has 0 saturated carbocycles. The molecule has 0 bridgehead atoms. The van der Waals surface area contributed by atoms with Crippen molar-refractivity contribution in [2.24, 2.45) is 0 Å². The summed E-state index contributed by atoms with van der Waals surface area (Å²) in [6.45, 7) is -0.194. The average Bonchev–Trinajstić information content (AvgIpc) is 2.96. The van der Waals surface area contributed by atoms with Crippen LogP contribution in [0, 0.1) is 0 Å². The third-order valence-electron chi connectivity index (χ3n) is 3.39. The lowest BCUT2D eigenvalue weighted by Crippen LogP contribution is -2.28. The Labute approximate surface area is 140 Å². The van der Waals surface area contributed by atoms with Gasteiger partial charge in [0.25, 0.3) is 0 Å². The molecule has 0 fully saturated rings. The number of amides is 1. The Morgan fingerprint density at radius 3 is 2.64 bits per heavy atom. The highest BCUT2D eigenvalue weighted by atomic mass is 19.4. The summed E-state index contributed by atoms with van der Waals surface area (Å²) in [4.78, 5) is 12.1. The number of nitrogens with zero attached hydrogens (tertiary/aromatic N) is 3. The summed E-state index contributed by atoms with van der Waals surface area (Å²) < 4.78 is 42.5. The van der Waals surface area contributed by atoms with E-state index < -0.39 is 12.3 Å².